The van der Waals surface area contributed by atoms with E-state index in [4.69, 9.17) is 17.0 Å². The first-order chi connectivity index (χ1) is 12.6. The molecule has 0 atom stereocenters. The van der Waals surface area contributed by atoms with Crippen molar-refractivity contribution in [1.82, 2.24) is 9.21 Å². The third kappa shape index (κ3) is 5.41. The molecule has 0 heterocycles. The summed E-state index contributed by atoms with van der Waals surface area (Å²) < 4.78 is 32.1. The van der Waals surface area contributed by atoms with Crippen molar-refractivity contribution in [3.8, 4) is 5.75 Å². The number of nitrogens with zero attached hydrogens (tertiary/aromatic N) is 2. The van der Waals surface area contributed by atoms with Crippen LogP contribution >= 0.6 is 28.1 Å². The normalized spacial score (nSPS) is 11.3. The zero-order valence-corrected chi connectivity index (χ0v) is 18.8. The molecule has 0 unspecified atom stereocenters. The Labute approximate surface area is 174 Å². The Balaban J connectivity index is 2.15. The highest BCUT2D eigenvalue weighted by molar-refractivity contribution is 9.10. The summed E-state index contributed by atoms with van der Waals surface area (Å²) >= 11 is 8.92. The molecule has 0 radical (unpaired) electrons. The van der Waals surface area contributed by atoms with E-state index in [9.17, 15) is 8.42 Å². The zero-order valence-electron chi connectivity index (χ0n) is 15.6. The summed E-state index contributed by atoms with van der Waals surface area (Å²) in [6.07, 6.45) is 0. The summed E-state index contributed by atoms with van der Waals surface area (Å²) in [4.78, 5) is 2.06. The van der Waals surface area contributed by atoms with E-state index in [1.54, 1.807) is 31.4 Å². The number of benzene rings is 2. The molecule has 2 rings (SSSR count). The fraction of sp³-hybridized carbons (Fsp3) is 0.278. The summed E-state index contributed by atoms with van der Waals surface area (Å²) in [6.45, 7) is 0.532. The van der Waals surface area contributed by atoms with Crippen LogP contribution in [0.3, 0.4) is 0 Å². The van der Waals surface area contributed by atoms with Gasteiger partial charge in [0.1, 0.15) is 5.75 Å². The smallest absolute Gasteiger partial charge is 0.242 e. The number of rotatable bonds is 6. The van der Waals surface area contributed by atoms with Crippen molar-refractivity contribution in [3.05, 3.63) is 52.5 Å². The SMILES string of the molecule is COc1ccc(Br)cc1CN(C)C(=S)Nc1cccc(S(=O)(=O)N(C)C)c1. The van der Waals surface area contributed by atoms with Crippen LogP contribution in [0.4, 0.5) is 5.69 Å². The van der Waals surface area contributed by atoms with Gasteiger partial charge in [-0.1, -0.05) is 22.0 Å². The lowest BCUT2D eigenvalue weighted by Crippen LogP contribution is -2.31. The molecule has 1 N–H and O–H groups in total. The molecule has 146 valence electrons. The first-order valence-electron chi connectivity index (χ1n) is 8.02. The molecule has 0 bridgehead atoms. The third-order valence-electron chi connectivity index (χ3n) is 3.86. The minimum absolute atomic E-state index is 0.205. The van der Waals surface area contributed by atoms with Crippen molar-refractivity contribution in [2.75, 3.05) is 33.6 Å². The quantitative estimate of drug-likeness (QED) is 0.650. The molecular formula is C18H22BrN3O3S2. The average molecular weight is 472 g/mol. The van der Waals surface area contributed by atoms with Crippen LogP contribution in [0.25, 0.3) is 0 Å². The van der Waals surface area contributed by atoms with E-state index in [2.05, 4.69) is 21.2 Å². The second-order valence-electron chi connectivity index (χ2n) is 6.06. The minimum atomic E-state index is -3.50. The van der Waals surface area contributed by atoms with Crippen molar-refractivity contribution in [3.63, 3.8) is 0 Å². The summed E-state index contributed by atoms with van der Waals surface area (Å²) in [5, 5.41) is 3.56. The molecule has 0 saturated heterocycles. The van der Waals surface area contributed by atoms with Crippen molar-refractivity contribution in [2.24, 2.45) is 0 Å². The molecule has 0 fully saturated rings. The standard InChI is InChI=1S/C18H22BrN3O3S2/c1-21(2)27(23,24)16-7-5-6-15(11-16)20-18(26)22(3)12-13-10-14(19)8-9-17(13)25-4/h5-11H,12H2,1-4H3,(H,20,26). The molecule has 0 amide bonds. The molecule has 0 aliphatic rings. The van der Waals surface area contributed by atoms with Crippen molar-refractivity contribution in [1.29, 1.82) is 0 Å². The second-order valence-corrected chi connectivity index (χ2v) is 9.51. The number of ether oxygens (including phenoxy) is 1. The van der Waals surface area contributed by atoms with E-state index < -0.39 is 10.0 Å². The average Bonchev–Trinajstić information content (AvgIpc) is 2.62. The number of nitrogens with one attached hydrogen (secondary N) is 1. The molecule has 0 spiro atoms. The van der Waals surface area contributed by atoms with Crippen LogP contribution in [0.2, 0.25) is 0 Å². The van der Waals surface area contributed by atoms with Crippen LogP contribution in [0.5, 0.6) is 5.75 Å². The molecule has 0 saturated carbocycles. The van der Waals surface area contributed by atoms with Crippen LogP contribution < -0.4 is 10.1 Å². The van der Waals surface area contributed by atoms with E-state index >= 15 is 0 Å². The molecule has 9 heteroatoms. The van der Waals surface area contributed by atoms with Crippen LogP contribution in [0, 0.1) is 0 Å². The number of hydrogen-bond donors (Lipinski definition) is 1. The van der Waals surface area contributed by atoms with Crippen LogP contribution in [-0.4, -0.2) is 51.0 Å². The zero-order chi connectivity index (χ0) is 20.2. The Kier molecular flexibility index (Phi) is 7.21. The van der Waals surface area contributed by atoms with Crippen LogP contribution in [0.1, 0.15) is 5.56 Å². The first kappa shape index (κ1) is 21.6. The van der Waals surface area contributed by atoms with Crippen molar-refractivity contribution in [2.45, 2.75) is 11.4 Å². The minimum Gasteiger partial charge on any atom is -0.496 e. The van der Waals surface area contributed by atoms with E-state index in [0.717, 1.165) is 15.8 Å². The predicted molar refractivity (Wildman–Crippen MR) is 116 cm³/mol. The Morgan fingerprint density at radius 3 is 2.52 bits per heavy atom. The number of halogens is 1. The molecule has 0 aliphatic carbocycles. The number of methoxy groups -OCH3 is 1. The summed E-state index contributed by atoms with van der Waals surface area (Å²) in [5.41, 5.74) is 1.58. The largest absolute Gasteiger partial charge is 0.496 e. The first-order valence-corrected chi connectivity index (χ1v) is 10.7. The lowest BCUT2D eigenvalue weighted by atomic mass is 10.2. The number of hydrogen-bond acceptors (Lipinski definition) is 4. The highest BCUT2D eigenvalue weighted by Gasteiger charge is 2.18. The maximum atomic E-state index is 12.3. The molecule has 6 nitrogen and oxygen atoms in total. The van der Waals surface area contributed by atoms with E-state index in [-0.39, 0.29) is 4.90 Å². The van der Waals surface area contributed by atoms with E-state index in [0.29, 0.717) is 17.3 Å². The van der Waals surface area contributed by atoms with Gasteiger partial charge in [-0.25, -0.2) is 12.7 Å². The maximum Gasteiger partial charge on any atom is 0.242 e. The molecule has 0 aromatic heterocycles. The van der Waals surface area contributed by atoms with Gasteiger partial charge in [0.15, 0.2) is 5.11 Å². The van der Waals surface area contributed by atoms with Gasteiger partial charge >= 0.3 is 0 Å². The second kappa shape index (κ2) is 9.01. The highest BCUT2D eigenvalue weighted by atomic mass is 79.9. The van der Waals surface area contributed by atoms with Crippen molar-refractivity contribution >= 4 is 49.0 Å². The van der Waals surface area contributed by atoms with Gasteiger partial charge in [-0.05, 0) is 48.6 Å². The van der Waals surface area contributed by atoms with Gasteiger partial charge in [-0.2, -0.15) is 0 Å². The van der Waals surface area contributed by atoms with Crippen LogP contribution in [0.15, 0.2) is 51.8 Å². The van der Waals surface area contributed by atoms with Crippen LogP contribution in [-0.2, 0) is 16.6 Å². The van der Waals surface area contributed by atoms with E-state index in [1.165, 1.54) is 18.4 Å². The van der Waals surface area contributed by atoms with Gasteiger partial charge in [0, 0.05) is 43.4 Å². The highest BCUT2D eigenvalue weighted by Crippen LogP contribution is 2.24. The Morgan fingerprint density at radius 1 is 1.19 bits per heavy atom. The maximum absolute atomic E-state index is 12.3. The fourth-order valence-corrected chi connectivity index (χ4v) is 3.90. The number of thiocarbonyl (C=S) groups is 1. The molecule has 0 aliphatic heterocycles. The summed E-state index contributed by atoms with van der Waals surface area (Å²) in [6, 6.07) is 12.3. The van der Waals surface area contributed by atoms with E-state index in [1.807, 2.05) is 30.1 Å². The molecule has 2 aromatic carbocycles. The van der Waals surface area contributed by atoms with Crippen molar-refractivity contribution < 1.29 is 13.2 Å². The number of sulfonamides is 1. The van der Waals surface area contributed by atoms with Gasteiger partial charge in [0.2, 0.25) is 10.0 Å². The third-order valence-corrected chi connectivity index (χ3v) is 6.58. The van der Waals surface area contributed by atoms with Gasteiger partial charge < -0.3 is 15.0 Å². The van der Waals surface area contributed by atoms with Gasteiger partial charge in [-0.15, -0.1) is 0 Å². The lowest BCUT2D eigenvalue weighted by molar-refractivity contribution is 0.399. The van der Waals surface area contributed by atoms with Gasteiger partial charge in [0.25, 0.3) is 0 Å². The number of anilines is 1. The Hall–Kier alpha value is -1.68. The lowest BCUT2D eigenvalue weighted by Gasteiger charge is -2.22. The molecule has 27 heavy (non-hydrogen) atoms. The Bertz CT molecular complexity index is 933. The fourth-order valence-electron chi connectivity index (χ4n) is 2.36. The van der Waals surface area contributed by atoms with Gasteiger partial charge in [-0.3, -0.25) is 0 Å². The monoisotopic (exact) mass is 471 g/mol. The topological polar surface area (TPSA) is 61.9 Å². The van der Waals surface area contributed by atoms with Gasteiger partial charge in [0.05, 0.1) is 12.0 Å². The Morgan fingerprint density at radius 2 is 1.89 bits per heavy atom. The summed E-state index contributed by atoms with van der Waals surface area (Å²) in [5.74, 6) is 0.770. The molecular weight excluding hydrogens is 450 g/mol. The summed E-state index contributed by atoms with van der Waals surface area (Å²) in [7, 11) is 2.98. The molecule has 2 aromatic rings. The predicted octanol–water partition coefficient (Wildman–Crippen LogP) is 3.54.